The van der Waals surface area contributed by atoms with Gasteiger partial charge in [0.15, 0.2) is 0 Å². The third-order valence-corrected chi connectivity index (χ3v) is 6.60. The molecule has 1 aromatic rings. The predicted octanol–water partition coefficient (Wildman–Crippen LogP) is 2.41. The number of hydrogen-bond acceptors (Lipinski definition) is 6. The van der Waals surface area contributed by atoms with Crippen molar-refractivity contribution in [1.82, 2.24) is 15.1 Å². The summed E-state index contributed by atoms with van der Waals surface area (Å²) < 4.78 is 5.52. The SMILES string of the molecule is O=C(C1CCCO1)N1CCN(c2nnc(C3CCCCC3)s2)CC1. The molecular weight excluding hydrogens is 324 g/mol. The molecule has 1 unspecified atom stereocenters. The summed E-state index contributed by atoms with van der Waals surface area (Å²) in [6, 6.07) is 0. The maximum atomic E-state index is 12.4. The quantitative estimate of drug-likeness (QED) is 0.838. The fourth-order valence-electron chi connectivity index (χ4n) is 3.96. The van der Waals surface area contributed by atoms with E-state index < -0.39 is 0 Å². The highest BCUT2D eigenvalue weighted by Crippen LogP contribution is 2.36. The molecule has 1 aliphatic carbocycles. The van der Waals surface area contributed by atoms with Gasteiger partial charge in [0, 0.05) is 38.7 Å². The molecule has 6 nitrogen and oxygen atoms in total. The molecule has 0 radical (unpaired) electrons. The van der Waals surface area contributed by atoms with Crippen LogP contribution in [0.25, 0.3) is 0 Å². The number of anilines is 1. The van der Waals surface area contributed by atoms with Crippen LogP contribution in [0.3, 0.4) is 0 Å². The van der Waals surface area contributed by atoms with Crippen LogP contribution in [0.5, 0.6) is 0 Å². The molecule has 2 aliphatic heterocycles. The Balaban J connectivity index is 1.32. The smallest absolute Gasteiger partial charge is 0.251 e. The molecule has 0 N–H and O–H groups in total. The summed E-state index contributed by atoms with van der Waals surface area (Å²) >= 11 is 1.76. The van der Waals surface area contributed by atoms with Crippen molar-refractivity contribution in [2.75, 3.05) is 37.7 Å². The highest BCUT2D eigenvalue weighted by atomic mass is 32.1. The van der Waals surface area contributed by atoms with Gasteiger partial charge in [-0.15, -0.1) is 10.2 Å². The minimum atomic E-state index is -0.198. The summed E-state index contributed by atoms with van der Waals surface area (Å²) in [6.45, 7) is 3.94. The van der Waals surface area contributed by atoms with E-state index in [1.165, 1.54) is 37.1 Å². The van der Waals surface area contributed by atoms with Gasteiger partial charge >= 0.3 is 0 Å². The molecule has 3 aliphatic rings. The third kappa shape index (κ3) is 3.42. The fourth-order valence-corrected chi connectivity index (χ4v) is 5.03. The molecule has 3 fully saturated rings. The topological polar surface area (TPSA) is 58.6 Å². The summed E-state index contributed by atoms with van der Waals surface area (Å²) in [5, 5.41) is 11.1. The van der Waals surface area contributed by atoms with Gasteiger partial charge in [0.05, 0.1) is 0 Å². The zero-order valence-electron chi connectivity index (χ0n) is 14.2. The van der Waals surface area contributed by atoms with Crippen LogP contribution >= 0.6 is 11.3 Å². The summed E-state index contributed by atoms with van der Waals surface area (Å²) in [6.07, 6.45) is 8.22. The normalized spacial score (nSPS) is 26.1. The van der Waals surface area contributed by atoms with Crippen LogP contribution in [0.1, 0.15) is 55.9 Å². The number of amides is 1. The number of carbonyl (C=O) groups is 1. The Kier molecular flexibility index (Phi) is 4.98. The molecule has 1 aromatic heterocycles. The molecule has 2 saturated heterocycles. The number of carbonyl (C=O) groups excluding carboxylic acids is 1. The molecule has 1 saturated carbocycles. The number of ether oxygens (including phenoxy) is 1. The van der Waals surface area contributed by atoms with Crippen LogP contribution in [0.15, 0.2) is 0 Å². The molecule has 0 spiro atoms. The van der Waals surface area contributed by atoms with E-state index in [0.717, 1.165) is 50.8 Å². The average Bonchev–Trinajstić information content (AvgIpc) is 3.34. The van der Waals surface area contributed by atoms with E-state index in [0.29, 0.717) is 5.92 Å². The van der Waals surface area contributed by atoms with E-state index >= 15 is 0 Å². The first-order valence-corrected chi connectivity index (χ1v) is 10.1. The van der Waals surface area contributed by atoms with E-state index in [2.05, 4.69) is 15.1 Å². The Morgan fingerprint density at radius 2 is 1.79 bits per heavy atom. The third-order valence-electron chi connectivity index (χ3n) is 5.45. The van der Waals surface area contributed by atoms with Gasteiger partial charge in [0.1, 0.15) is 11.1 Å². The highest BCUT2D eigenvalue weighted by molar-refractivity contribution is 7.15. The molecular formula is C17H26N4O2S. The van der Waals surface area contributed by atoms with Crippen molar-refractivity contribution in [3.8, 4) is 0 Å². The number of hydrogen-bond donors (Lipinski definition) is 0. The predicted molar refractivity (Wildman–Crippen MR) is 93.5 cm³/mol. The van der Waals surface area contributed by atoms with Gasteiger partial charge in [0.25, 0.3) is 5.91 Å². The highest BCUT2D eigenvalue weighted by Gasteiger charge is 2.31. The van der Waals surface area contributed by atoms with Gasteiger partial charge in [-0.1, -0.05) is 30.6 Å². The monoisotopic (exact) mass is 350 g/mol. The van der Waals surface area contributed by atoms with Gasteiger partial charge < -0.3 is 14.5 Å². The number of rotatable bonds is 3. The molecule has 7 heteroatoms. The lowest BCUT2D eigenvalue weighted by atomic mass is 9.90. The van der Waals surface area contributed by atoms with Gasteiger partial charge in [-0.05, 0) is 25.7 Å². The van der Waals surface area contributed by atoms with Crippen molar-refractivity contribution in [3.63, 3.8) is 0 Å². The van der Waals surface area contributed by atoms with Crippen LogP contribution in [-0.2, 0) is 9.53 Å². The Morgan fingerprint density at radius 1 is 1.00 bits per heavy atom. The molecule has 4 rings (SSSR count). The Morgan fingerprint density at radius 3 is 2.50 bits per heavy atom. The Labute approximate surface area is 147 Å². The summed E-state index contributed by atoms with van der Waals surface area (Å²) in [4.78, 5) is 16.6. The second kappa shape index (κ2) is 7.35. The van der Waals surface area contributed by atoms with E-state index in [1.54, 1.807) is 11.3 Å². The maximum absolute atomic E-state index is 12.4. The average molecular weight is 350 g/mol. The minimum absolute atomic E-state index is 0.173. The first-order valence-electron chi connectivity index (χ1n) is 9.30. The van der Waals surface area contributed by atoms with E-state index in [9.17, 15) is 4.79 Å². The second-order valence-corrected chi connectivity index (χ2v) is 8.06. The maximum Gasteiger partial charge on any atom is 0.251 e. The summed E-state index contributed by atoms with van der Waals surface area (Å²) in [5.41, 5.74) is 0. The van der Waals surface area contributed by atoms with Crippen molar-refractivity contribution in [2.24, 2.45) is 0 Å². The van der Waals surface area contributed by atoms with Gasteiger partial charge in [0.2, 0.25) is 5.13 Å². The largest absolute Gasteiger partial charge is 0.368 e. The van der Waals surface area contributed by atoms with Crippen molar-refractivity contribution < 1.29 is 9.53 Å². The van der Waals surface area contributed by atoms with Crippen LogP contribution in [0, 0.1) is 0 Å². The molecule has 0 bridgehead atoms. The number of nitrogens with zero attached hydrogens (tertiary/aromatic N) is 4. The van der Waals surface area contributed by atoms with E-state index in [1.807, 2.05) is 4.90 Å². The zero-order chi connectivity index (χ0) is 16.4. The van der Waals surface area contributed by atoms with E-state index in [-0.39, 0.29) is 12.0 Å². The summed E-state index contributed by atoms with van der Waals surface area (Å²) in [5.74, 6) is 0.791. The number of aromatic nitrogens is 2. The second-order valence-electron chi connectivity index (χ2n) is 7.07. The molecule has 24 heavy (non-hydrogen) atoms. The van der Waals surface area contributed by atoms with Crippen LogP contribution < -0.4 is 4.90 Å². The molecule has 132 valence electrons. The Bertz CT molecular complexity index is 559. The lowest BCUT2D eigenvalue weighted by Gasteiger charge is -2.35. The fraction of sp³-hybridized carbons (Fsp3) is 0.824. The zero-order valence-corrected chi connectivity index (χ0v) is 15.0. The molecule has 1 atom stereocenters. The lowest BCUT2D eigenvalue weighted by molar-refractivity contribution is -0.141. The first-order chi connectivity index (χ1) is 11.8. The van der Waals surface area contributed by atoms with Crippen molar-refractivity contribution >= 4 is 22.4 Å². The number of piperazine rings is 1. The van der Waals surface area contributed by atoms with Crippen LogP contribution in [0.4, 0.5) is 5.13 Å². The standard InChI is InChI=1S/C17H26N4O2S/c22-16(14-7-4-12-23-14)20-8-10-21(11-9-20)17-19-18-15(24-17)13-5-2-1-3-6-13/h13-14H,1-12H2. The minimum Gasteiger partial charge on any atom is -0.368 e. The first kappa shape index (κ1) is 16.3. The molecule has 1 amide bonds. The molecule has 0 aromatic carbocycles. The molecule has 3 heterocycles. The van der Waals surface area contributed by atoms with Crippen LogP contribution in [-0.4, -0.2) is 59.9 Å². The van der Waals surface area contributed by atoms with Crippen molar-refractivity contribution in [1.29, 1.82) is 0 Å². The lowest BCUT2D eigenvalue weighted by Crippen LogP contribution is -2.51. The summed E-state index contributed by atoms with van der Waals surface area (Å²) in [7, 11) is 0. The van der Waals surface area contributed by atoms with Gasteiger partial charge in [-0.25, -0.2) is 0 Å². The van der Waals surface area contributed by atoms with Crippen molar-refractivity contribution in [3.05, 3.63) is 5.01 Å². The van der Waals surface area contributed by atoms with Crippen molar-refractivity contribution in [2.45, 2.75) is 57.0 Å². The Hall–Kier alpha value is -1.21. The van der Waals surface area contributed by atoms with Gasteiger partial charge in [-0.3, -0.25) is 4.79 Å². The van der Waals surface area contributed by atoms with Gasteiger partial charge in [-0.2, -0.15) is 0 Å². The van der Waals surface area contributed by atoms with E-state index in [4.69, 9.17) is 4.74 Å². The van der Waals surface area contributed by atoms with Crippen LogP contribution in [0.2, 0.25) is 0 Å².